The molecule has 0 radical (unpaired) electrons. The van der Waals surface area contributed by atoms with Crippen molar-refractivity contribution in [2.75, 3.05) is 11.5 Å². The fourth-order valence-corrected chi connectivity index (χ4v) is 5.87. The van der Waals surface area contributed by atoms with Gasteiger partial charge in [-0.15, -0.1) is 0 Å². The van der Waals surface area contributed by atoms with E-state index in [1.807, 2.05) is 0 Å². The fraction of sp³-hybridized carbons (Fsp3) is 0.923. The van der Waals surface area contributed by atoms with E-state index in [0.29, 0.717) is 10.9 Å². The number of halogens is 3. The molecule has 0 amide bonds. The zero-order valence-corrected chi connectivity index (χ0v) is 13.8. The first-order chi connectivity index (χ1) is 10.2. The SMILES string of the molecule is O=CC[S+]1CCCCC1C1CCCC1.O=S(=O)([O-])C(F)(F)F. The molecule has 9 heteroatoms. The van der Waals surface area contributed by atoms with Gasteiger partial charge in [0.2, 0.25) is 0 Å². The molecule has 0 aromatic heterocycles. The minimum Gasteiger partial charge on any atom is -0.741 e. The molecule has 130 valence electrons. The number of carbonyl (C=O) groups is 1. The first kappa shape index (κ1) is 19.8. The highest BCUT2D eigenvalue weighted by atomic mass is 32.2. The molecule has 1 aliphatic heterocycles. The van der Waals surface area contributed by atoms with Crippen molar-refractivity contribution in [2.24, 2.45) is 5.92 Å². The molecule has 22 heavy (non-hydrogen) atoms. The van der Waals surface area contributed by atoms with E-state index in [9.17, 15) is 18.0 Å². The average molecular weight is 362 g/mol. The molecule has 1 heterocycles. The van der Waals surface area contributed by atoms with Gasteiger partial charge in [0.05, 0.1) is 0 Å². The van der Waals surface area contributed by atoms with Gasteiger partial charge >= 0.3 is 5.51 Å². The van der Waals surface area contributed by atoms with Gasteiger partial charge in [-0.05, 0) is 43.0 Å². The van der Waals surface area contributed by atoms with Gasteiger partial charge in [0, 0.05) is 5.92 Å². The second-order valence-corrected chi connectivity index (χ2v) is 9.35. The third kappa shape index (κ3) is 6.08. The van der Waals surface area contributed by atoms with Crippen molar-refractivity contribution in [2.45, 2.75) is 55.7 Å². The Morgan fingerprint density at radius 3 is 2.05 bits per heavy atom. The minimum atomic E-state index is -6.09. The lowest BCUT2D eigenvalue weighted by Gasteiger charge is -2.27. The maximum atomic E-state index is 10.7. The molecule has 1 saturated carbocycles. The zero-order chi connectivity index (χ0) is 16.8. The van der Waals surface area contributed by atoms with E-state index in [4.69, 9.17) is 13.0 Å². The van der Waals surface area contributed by atoms with Crippen LogP contribution >= 0.6 is 0 Å². The summed E-state index contributed by atoms with van der Waals surface area (Å²) in [5.41, 5.74) is -5.65. The molecule has 2 atom stereocenters. The van der Waals surface area contributed by atoms with E-state index in [0.717, 1.165) is 23.2 Å². The maximum absolute atomic E-state index is 10.7. The van der Waals surface area contributed by atoms with E-state index >= 15 is 0 Å². The molecule has 0 N–H and O–H groups in total. The lowest BCUT2D eigenvalue weighted by atomic mass is 9.99. The molecule has 0 aromatic carbocycles. The summed E-state index contributed by atoms with van der Waals surface area (Å²) in [6, 6.07) is 0. The molecule has 2 unspecified atom stereocenters. The Balaban J connectivity index is 0.000000261. The van der Waals surface area contributed by atoms with Crippen LogP contribution in [0.25, 0.3) is 0 Å². The van der Waals surface area contributed by atoms with E-state index in [1.165, 1.54) is 50.7 Å². The molecule has 4 nitrogen and oxygen atoms in total. The van der Waals surface area contributed by atoms with Gasteiger partial charge in [-0.25, -0.2) is 8.42 Å². The van der Waals surface area contributed by atoms with Gasteiger partial charge in [0.25, 0.3) is 0 Å². The van der Waals surface area contributed by atoms with Crippen LogP contribution in [0.15, 0.2) is 0 Å². The summed E-state index contributed by atoms with van der Waals surface area (Å²) in [6.45, 7) is 0. The Morgan fingerprint density at radius 1 is 1.09 bits per heavy atom. The highest BCUT2D eigenvalue weighted by molar-refractivity contribution is 7.98. The van der Waals surface area contributed by atoms with Crippen LogP contribution in [0.1, 0.15) is 44.9 Å². The summed E-state index contributed by atoms with van der Waals surface area (Å²) in [7, 11) is -5.63. The lowest BCUT2D eigenvalue weighted by Crippen LogP contribution is -2.36. The van der Waals surface area contributed by atoms with Crippen molar-refractivity contribution in [1.29, 1.82) is 0 Å². The first-order valence-electron chi connectivity index (χ1n) is 7.29. The van der Waals surface area contributed by atoms with Crippen molar-refractivity contribution < 1.29 is 30.9 Å². The Hall–Kier alpha value is -0.280. The summed E-state index contributed by atoms with van der Waals surface area (Å²) in [5.74, 6) is 3.19. The minimum absolute atomic E-state index is 0.460. The number of alkyl halides is 3. The van der Waals surface area contributed by atoms with Gasteiger partial charge in [0.1, 0.15) is 11.0 Å². The molecule has 2 rings (SSSR count). The first-order valence-corrected chi connectivity index (χ1v) is 10.3. The standard InChI is InChI=1S/C12H21OS.CHF3O3S/c13-8-10-14-9-4-3-7-12(14)11-5-1-2-6-11;2-1(3,4)8(5,6)7/h8,11-12H,1-7,9-10H2;(H,5,6,7)/q+1;/p-1. The Kier molecular flexibility index (Phi) is 7.67. The molecule has 1 saturated heterocycles. The van der Waals surface area contributed by atoms with E-state index in [-0.39, 0.29) is 0 Å². The predicted molar refractivity (Wildman–Crippen MR) is 78.5 cm³/mol. The lowest BCUT2D eigenvalue weighted by molar-refractivity contribution is -0.105. The summed E-state index contributed by atoms with van der Waals surface area (Å²) < 4.78 is 58.9. The van der Waals surface area contributed by atoms with Crippen molar-refractivity contribution in [3.63, 3.8) is 0 Å². The number of hydrogen-bond acceptors (Lipinski definition) is 4. The normalized spacial score (nSPS) is 27.1. The van der Waals surface area contributed by atoms with Crippen LogP contribution in [0.3, 0.4) is 0 Å². The maximum Gasteiger partial charge on any atom is 0.485 e. The summed E-state index contributed by atoms with van der Waals surface area (Å²) in [6.07, 6.45) is 11.2. The second kappa shape index (κ2) is 8.54. The Labute approximate surface area is 131 Å². The van der Waals surface area contributed by atoms with Crippen LogP contribution in [0.4, 0.5) is 13.2 Å². The molecule has 2 aliphatic rings. The van der Waals surface area contributed by atoms with Gasteiger partial charge in [-0.2, -0.15) is 13.2 Å². The van der Waals surface area contributed by atoms with Gasteiger partial charge in [-0.3, -0.25) is 4.79 Å². The number of carbonyl (C=O) groups excluding carboxylic acids is 1. The predicted octanol–water partition coefficient (Wildman–Crippen LogP) is 2.60. The highest BCUT2D eigenvalue weighted by Gasteiger charge is 2.40. The largest absolute Gasteiger partial charge is 0.741 e. The van der Waals surface area contributed by atoms with Crippen LogP contribution in [-0.2, 0) is 25.8 Å². The summed E-state index contributed by atoms with van der Waals surface area (Å²) in [5, 5.41) is 0.927. The van der Waals surface area contributed by atoms with Crippen molar-refractivity contribution in [3.05, 3.63) is 0 Å². The van der Waals surface area contributed by atoms with Gasteiger partial charge < -0.3 is 4.55 Å². The summed E-state index contributed by atoms with van der Waals surface area (Å²) >= 11 is 0. The monoisotopic (exact) mass is 362 g/mol. The van der Waals surface area contributed by atoms with Crippen LogP contribution in [0, 0.1) is 5.92 Å². The smallest absolute Gasteiger partial charge is 0.485 e. The van der Waals surface area contributed by atoms with Crippen molar-refractivity contribution in [3.8, 4) is 0 Å². The van der Waals surface area contributed by atoms with Gasteiger partial charge in [0.15, 0.2) is 22.2 Å². The Bertz CT molecular complexity index is 445. The molecular weight excluding hydrogens is 341 g/mol. The molecule has 0 bridgehead atoms. The van der Waals surface area contributed by atoms with Gasteiger partial charge in [-0.1, -0.05) is 12.8 Å². The van der Waals surface area contributed by atoms with Crippen LogP contribution < -0.4 is 0 Å². The average Bonchev–Trinajstić information content (AvgIpc) is 2.92. The van der Waals surface area contributed by atoms with E-state index < -0.39 is 15.6 Å². The Morgan fingerprint density at radius 2 is 1.59 bits per heavy atom. The molecular formula is C13H21F3O4S2. The van der Waals surface area contributed by atoms with Crippen molar-refractivity contribution >= 4 is 27.3 Å². The quantitative estimate of drug-likeness (QED) is 0.335. The molecule has 0 aromatic rings. The molecule has 2 fully saturated rings. The van der Waals surface area contributed by atoms with Crippen LogP contribution in [-0.4, -0.2) is 41.5 Å². The second-order valence-electron chi connectivity index (χ2n) is 5.55. The highest BCUT2D eigenvalue weighted by Crippen LogP contribution is 2.36. The molecule has 0 spiro atoms. The number of rotatable bonds is 3. The molecule has 1 aliphatic carbocycles. The topological polar surface area (TPSA) is 74.3 Å². The third-order valence-corrected chi connectivity index (χ3v) is 7.49. The number of aldehydes is 1. The van der Waals surface area contributed by atoms with E-state index in [2.05, 4.69) is 0 Å². The zero-order valence-electron chi connectivity index (χ0n) is 12.2. The van der Waals surface area contributed by atoms with Crippen LogP contribution in [0.5, 0.6) is 0 Å². The van der Waals surface area contributed by atoms with Crippen LogP contribution in [0.2, 0.25) is 0 Å². The number of hydrogen-bond donors (Lipinski definition) is 0. The van der Waals surface area contributed by atoms with Crippen molar-refractivity contribution in [1.82, 2.24) is 0 Å². The third-order valence-electron chi connectivity index (χ3n) is 4.06. The summed E-state index contributed by atoms with van der Waals surface area (Å²) in [4.78, 5) is 10.6. The van der Waals surface area contributed by atoms with E-state index in [1.54, 1.807) is 0 Å². The fourth-order valence-electron chi connectivity index (χ4n) is 3.08.